The fourth-order valence-corrected chi connectivity index (χ4v) is 3.87. The lowest BCUT2D eigenvalue weighted by molar-refractivity contribution is 0.0762. The highest BCUT2D eigenvalue weighted by Gasteiger charge is 2.09. The van der Waals surface area contributed by atoms with Crippen LogP contribution in [0.2, 0.25) is 0 Å². The molecule has 0 aliphatic rings. The van der Waals surface area contributed by atoms with E-state index in [1.165, 1.54) is 57.8 Å². The average molecular weight is 438 g/mol. The Morgan fingerprint density at radius 2 is 1.59 bits per heavy atom. The molecule has 4 nitrogen and oxygen atoms in total. The van der Waals surface area contributed by atoms with Crippen LogP contribution in [0.15, 0.2) is 23.2 Å². The molecule has 2 aromatic rings. The van der Waals surface area contributed by atoms with Crippen LogP contribution in [-0.2, 0) is 11.5 Å². The van der Waals surface area contributed by atoms with Crippen molar-refractivity contribution in [3.63, 3.8) is 0 Å². The number of nitrogens with zero attached hydrogens (tertiary/aromatic N) is 3. The third-order valence-electron chi connectivity index (χ3n) is 4.94. The maximum atomic E-state index is 5.82. The fourth-order valence-electron chi connectivity index (χ4n) is 3.35. The van der Waals surface area contributed by atoms with E-state index in [-0.39, 0.29) is 0 Å². The number of rotatable bonds is 13. The molecule has 27 heavy (non-hydrogen) atoms. The first-order valence-corrected chi connectivity index (χ1v) is 11.3. The minimum Gasteiger partial charge on any atom is -0.361 e. The van der Waals surface area contributed by atoms with E-state index < -0.39 is 0 Å². The second kappa shape index (κ2) is 11.8. The standard InChI is InChI=1S/C22H36BrN3O/c1-22(2,3)13-11-9-7-5-4-6-8-10-12-14-27-18-26-16-20(23)19-15-24-17-25-21(19)26/h15-17H,4-14,18H2,1-3H3. The molecule has 0 aromatic carbocycles. The maximum absolute atomic E-state index is 5.82. The van der Waals surface area contributed by atoms with Crippen molar-refractivity contribution in [3.05, 3.63) is 23.2 Å². The molecule has 0 spiro atoms. The molecule has 0 N–H and O–H groups in total. The van der Waals surface area contributed by atoms with Gasteiger partial charge in [-0.3, -0.25) is 0 Å². The molecule has 2 heterocycles. The number of fused-ring (bicyclic) bond motifs is 1. The zero-order chi connectivity index (χ0) is 19.5. The molecular weight excluding hydrogens is 402 g/mol. The van der Waals surface area contributed by atoms with Crippen molar-refractivity contribution in [1.29, 1.82) is 0 Å². The number of unbranched alkanes of at least 4 members (excludes halogenated alkanes) is 8. The summed E-state index contributed by atoms with van der Waals surface area (Å²) in [4.78, 5) is 8.40. The van der Waals surface area contributed by atoms with Crippen LogP contribution < -0.4 is 0 Å². The van der Waals surface area contributed by atoms with Crippen molar-refractivity contribution in [1.82, 2.24) is 14.5 Å². The Morgan fingerprint density at radius 3 is 2.26 bits per heavy atom. The van der Waals surface area contributed by atoms with Gasteiger partial charge in [-0.05, 0) is 34.2 Å². The molecule has 152 valence electrons. The molecule has 0 atom stereocenters. The minimum absolute atomic E-state index is 0.501. The van der Waals surface area contributed by atoms with E-state index >= 15 is 0 Å². The lowest BCUT2D eigenvalue weighted by Crippen LogP contribution is -2.03. The predicted octanol–water partition coefficient (Wildman–Crippen LogP) is 7.12. The maximum Gasteiger partial charge on any atom is 0.146 e. The van der Waals surface area contributed by atoms with Crippen LogP contribution in [0.1, 0.15) is 85.0 Å². The van der Waals surface area contributed by atoms with Crippen molar-refractivity contribution in [2.75, 3.05) is 6.61 Å². The summed E-state index contributed by atoms with van der Waals surface area (Å²) in [6, 6.07) is 0. The first-order chi connectivity index (χ1) is 13.0. The molecule has 2 rings (SSSR count). The Balaban J connectivity index is 1.43. The highest BCUT2D eigenvalue weighted by molar-refractivity contribution is 9.10. The van der Waals surface area contributed by atoms with E-state index in [1.807, 2.05) is 17.0 Å². The second-order valence-corrected chi connectivity index (χ2v) is 9.59. The van der Waals surface area contributed by atoms with Gasteiger partial charge in [0, 0.05) is 23.5 Å². The summed E-state index contributed by atoms with van der Waals surface area (Å²) >= 11 is 3.55. The quantitative estimate of drug-likeness (QED) is 0.313. The third kappa shape index (κ3) is 8.73. The van der Waals surface area contributed by atoms with Crippen LogP contribution in [0, 0.1) is 5.41 Å². The van der Waals surface area contributed by atoms with Gasteiger partial charge in [-0.1, -0.05) is 72.1 Å². The van der Waals surface area contributed by atoms with Gasteiger partial charge in [0.15, 0.2) is 0 Å². The Labute approximate surface area is 173 Å². The molecule has 2 aromatic heterocycles. The van der Waals surface area contributed by atoms with Crippen LogP contribution in [0.4, 0.5) is 0 Å². The van der Waals surface area contributed by atoms with Gasteiger partial charge in [0.1, 0.15) is 18.7 Å². The number of hydrogen-bond acceptors (Lipinski definition) is 3. The predicted molar refractivity (Wildman–Crippen MR) is 117 cm³/mol. The number of ether oxygens (including phenoxy) is 1. The van der Waals surface area contributed by atoms with Crippen molar-refractivity contribution in [3.8, 4) is 0 Å². The number of aromatic nitrogens is 3. The second-order valence-electron chi connectivity index (χ2n) is 8.74. The molecule has 5 heteroatoms. The van der Waals surface area contributed by atoms with Gasteiger partial charge in [-0.15, -0.1) is 0 Å². The zero-order valence-electron chi connectivity index (χ0n) is 17.3. The summed E-state index contributed by atoms with van der Waals surface area (Å²) in [6.07, 6.45) is 18.9. The van der Waals surface area contributed by atoms with E-state index in [0.717, 1.165) is 28.5 Å². The number of hydrogen-bond donors (Lipinski definition) is 0. The summed E-state index contributed by atoms with van der Waals surface area (Å²) in [5, 5.41) is 1.03. The Kier molecular flexibility index (Phi) is 9.77. The highest BCUT2D eigenvalue weighted by atomic mass is 79.9. The summed E-state index contributed by atoms with van der Waals surface area (Å²) in [5.74, 6) is 0. The first-order valence-electron chi connectivity index (χ1n) is 10.5. The lowest BCUT2D eigenvalue weighted by Gasteiger charge is -2.17. The van der Waals surface area contributed by atoms with Gasteiger partial charge in [0.25, 0.3) is 0 Å². The van der Waals surface area contributed by atoms with Crippen LogP contribution in [0.25, 0.3) is 11.0 Å². The van der Waals surface area contributed by atoms with Crippen molar-refractivity contribution < 1.29 is 4.74 Å². The molecule has 0 amide bonds. The molecule has 0 radical (unpaired) electrons. The van der Waals surface area contributed by atoms with Gasteiger partial charge in [-0.25, -0.2) is 9.97 Å². The van der Waals surface area contributed by atoms with E-state index in [4.69, 9.17) is 4.74 Å². The molecule has 0 aliphatic heterocycles. The Morgan fingerprint density at radius 1 is 0.963 bits per heavy atom. The van der Waals surface area contributed by atoms with E-state index in [2.05, 4.69) is 46.7 Å². The van der Waals surface area contributed by atoms with Crippen molar-refractivity contribution >= 4 is 27.0 Å². The summed E-state index contributed by atoms with van der Waals surface area (Å²) < 4.78 is 8.86. The summed E-state index contributed by atoms with van der Waals surface area (Å²) in [6.45, 7) is 8.38. The lowest BCUT2D eigenvalue weighted by atomic mass is 9.89. The van der Waals surface area contributed by atoms with Crippen LogP contribution >= 0.6 is 15.9 Å². The molecule has 0 fully saturated rings. The number of halogens is 1. The van der Waals surface area contributed by atoms with Crippen molar-refractivity contribution in [2.45, 2.75) is 91.7 Å². The van der Waals surface area contributed by atoms with Crippen LogP contribution in [0.5, 0.6) is 0 Å². The fraction of sp³-hybridized carbons (Fsp3) is 0.727. The SMILES string of the molecule is CC(C)(C)CCCCCCCCCCCOCn1cc(Br)c2cncnc21. The largest absolute Gasteiger partial charge is 0.361 e. The molecule has 0 saturated carbocycles. The van der Waals surface area contributed by atoms with E-state index in [1.54, 1.807) is 6.33 Å². The smallest absolute Gasteiger partial charge is 0.146 e. The molecule has 0 aliphatic carbocycles. The normalized spacial score (nSPS) is 12.1. The minimum atomic E-state index is 0.501. The van der Waals surface area contributed by atoms with Gasteiger partial charge >= 0.3 is 0 Å². The molecular formula is C22H36BrN3O. The highest BCUT2D eigenvalue weighted by Crippen LogP contribution is 2.24. The Hall–Kier alpha value is -0.940. The topological polar surface area (TPSA) is 39.9 Å². The van der Waals surface area contributed by atoms with Crippen molar-refractivity contribution in [2.24, 2.45) is 5.41 Å². The van der Waals surface area contributed by atoms with Gasteiger partial charge in [0.05, 0.1) is 5.39 Å². The third-order valence-corrected chi connectivity index (χ3v) is 5.57. The first kappa shape index (κ1) is 22.4. The average Bonchev–Trinajstić information content (AvgIpc) is 2.94. The summed E-state index contributed by atoms with van der Waals surface area (Å²) in [5.41, 5.74) is 1.42. The Bertz CT molecular complexity index is 663. The van der Waals surface area contributed by atoms with Crippen LogP contribution in [-0.4, -0.2) is 21.1 Å². The molecule has 0 unspecified atom stereocenters. The van der Waals surface area contributed by atoms with Gasteiger partial charge < -0.3 is 9.30 Å². The van der Waals surface area contributed by atoms with Gasteiger partial charge in [0.2, 0.25) is 0 Å². The van der Waals surface area contributed by atoms with Gasteiger partial charge in [-0.2, -0.15) is 0 Å². The van der Waals surface area contributed by atoms with E-state index in [0.29, 0.717) is 12.1 Å². The summed E-state index contributed by atoms with van der Waals surface area (Å²) in [7, 11) is 0. The molecule has 0 saturated heterocycles. The molecule has 0 bridgehead atoms. The van der Waals surface area contributed by atoms with E-state index in [9.17, 15) is 0 Å². The zero-order valence-corrected chi connectivity index (χ0v) is 18.9. The van der Waals surface area contributed by atoms with Crippen LogP contribution in [0.3, 0.4) is 0 Å². The monoisotopic (exact) mass is 437 g/mol.